The highest BCUT2D eigenvalue weighted by Gasteiger charge is 2.24. The van der Waals surface area contributed by atoms with Gasteiger partial charge in [0.2, 0.25) is 10.0 Å². The molecule has 1 aromatic rings. The maximum atomic E-state index is 12.4. The Morgan fingerprint density at radius 2 is 2.14 bits per heavy atom. The molecule has 120 valence electrons. The van der Waals surface area contributed by atoms with Gasteiger partial charge in [0.15, 0.2) is 0 Å². The molecule has 1 unspecified atom stereocenters. The molecule has 8 heteroatoms. The van der Waals surface area contributed by atoms with E-state index in [1.165, 1.54) is 13.2 Å². The van der Waals surface area contributed by atoms with Gasteiger partial charge in [-0.05, 0) is 44.0 Å². The second-order valence-corrected chi connectivity index (χ2v) is 7.01. The molecule has 1 aliphatic heterocycles. The van der Waals surface area contributed by atoms with Gasteiger partial charge in [-0.1, -0.05) is 11.6 Å². The van der Waals surface area contributed by atoms with Crippen LogP contribution in [-0.2, 0) is 10.0 Å². The summed E-state index contributed by atoms with van der Waals surface area (Å²) in [5.74, 6) is 0.474. The van der Waals surface area contributed by atoms with E-state index in [1.807, 2.05) is 0 Å². The molecule has 0 saturated carbocycles. The Hall–Kier alpha value is -0.530. The van der Waals surface area contributed by atoms with Crippen molar-refractivity contribution in [3.8, 4) is 5.75 Å². The summed E-state index contributed by atoms with van der Waals surface area (Å²) < 4.78 is 32.7. The summed E-state index contributed by atoms with van der Waals surface area (Å²) in [6.07, 6.45) is 1.81. The molecule has 1 saturated heterocycles. The zero-order valence-electron chi connectivity index (χ0n) is 12.0. The average molecular weight is 355 g/mol. The van der Waals surface area contributed by atoms with Gasteiger partial charge in [0.25, 0.3) is 0 Å². The molecule has 0 bridgehead atoms. The van der Waals surface area contributed by atoms with E-state index in [-0.39, 0.29) is 23.3 Å². The third-order valence-corrected chi connectivity index (χ3v) is 5.32. The van der Waals surface area contributed by atoms with Gasteiger partial charge < -0.3 is 10.1 Å². The quantitative estimate of drug-likeness (QED) is 0.868. The van der Waals surface area contributed by atoms with Crippen LogP contribution in [0.5, 0.6) is 5.75 Å². The van der Waals surface area contributed by atoms with Crippen LogP contribution in [0.25, 0.3) is 0 Å². The molecule has 0 amide bonds. The molecule has 0 spiro atoms. The third kappa shape index (κ3) is 4.47. The number of benzene rings is 1. The van der Waals surface area contributed by atoms with Crippen LogP contribution in [0.15, 0.2) is 17.0 Å². The zero-order valence-corrected chi connectivity index (χ0v) is 14.4. The van der Waals surface area contributed by atoms with Crippen molar-refractivity contribution in [1.82, 2.24) is 10.0 Å². The minimum atomic E-state index is -3.57. The minimum absolute atomic E-state index is 0. The van der Waals surface area contributed by atoms with E-state index >= 15 is 0 Å². The Morgan fingerprint density at radius 3 is 2.71 bits per heavy atom. The SMILES string of the molecule is COc1cc(C)c(S(=O)(=O)NC2CCCNC2)cc1Cl.Cl. The first-order valence-electron chi connectivity index (χ1n) is 6.51. The highest BCUT2D eigenvalue weighted by Crippen LogP contribution is 2.30. The largest absolute Gasteiger partial charge is 0.495 e. The fourth-order valence-electron chi connectivity index (χ4n) is 2.32. The molecule has 0 aliphatic carbocycles. The number of piperidine rings is 1. The molecule has 2 N–H and O–H groups in total. The summed E-state index contributed by atoms with van der Waals surface area (Å²) in [4.78, 5) is 0.203. The maximum Gasteiger partial charge on any atom is 0.241 e. The van der Waals surface area contributed by atoms with E-state index in [2.05, 4.69) is 10.0 Å². The number of hydrogen-bond acceptors (Lipinski definition) is 4. The minimum Gasteiger partial charge on any atom is -0.495 e. The Bertz CT molecular complexity index is 587. The lowest BCUT2D eigenvalue weighted by Crippen LogP contribution is -2.45. The fraction of sp³-hybridized carbons (Fsp3) is 0.538. The normalized spacial score (nSPS) is 18.9. The first-order valence-corrected chi connectivity index (χ1v) is 8.37. The zero-order chi connectivity index (χ0) is 14.8. The van der Waals surface area contributed by atoms with Crippen molar-refractivity contribution >= 4 is 34.0 Å². The lowest BCUT2D eigenvalue weighted by atomic mass is 10.1. The Morgan fingerprint density at radius 1 is 1.43 bits per heavy atom. The standard InChI is InChI=1S/C13H19ClN2O3S.ClH/c1-9-6-12(19-2)11(14)7-13(9)20(17,18)16-10-4-3-5-15-8-10;/h6-7,10,15-16H,3-5,8H2,1-2H3;1H. The second-order valence-electron chi connectivity index (χ2n) is 4.92. The maximum absolute atomic E-state index is 12.4. The van der Waals surface area contributed by atoms with E-state index in [0.717, 1.165) is 19.4 Å². The first kappa shape index (κ1) is 18.5. The lowest BCUT2D eigenvalue weighted by molar-refractivity contribution is 0.414. The number of methoxy groups -OCH3 is 1. The number of sulfonamides is 1. The molecule has 1 aliphatic rings. The van der Waals surface area contributed by atoms with Crippen LogP contribution in [0.2, 0.25) is 5.02 Å². The van der Waals surface area contributed by atoms with Gasteiger partial charge >= 0.3 is 0 Å². The highest BCUT2D eigenvalue weighted by atomic mass is 35.5. The molecule has 0 aromatic heterocycles. The molecule has 21 heavy (non-hydrogen) atoms. The van der Waals surface area contributed by atoms with Crippen LogP contribution in [-0.4, -0.2) is 34.7 Å². The van der Waals surface area contributed by atoms with E-state index < -0.39 is 10.0 Å². The van der Waals surface area contributed by atoms with Crippen molar-refractivity contribution in [2.45, 2.75) is 30.7 Å². The Balaban J connectivity index is 0.00000220. The lowest BCUT2D eigenvalue weighted by Gasteiger charge is -2.24. The third-order valence-electron chi connectivity index (χ3n) is 3.36. The van der Waals surface area contributed by atoms with E-state index in [1.54, 1.807) is 13.0 Å². The molecule has 1 heterocycles. The van der Waals surface area contributed by atoms with E-state index in [0.29, 0.717) is 22.9 Å². The van der Waals surface area contributed by atoms with Gasteiger partial charge in [0.1, 0.15) is 5.75 Å². The predicted molar refractivity (Wildman–Crippen MR) is 86.2 cm³/mol. The van der Waals surface area contributed by atoms with Crippen LogP contribution >= 0.6 is 24.0 Å². The number of hydrogen-bond donors (Lipinski definition) is 2. The van der Waals surface area contributed by atoms with Crippen LogP contribution in [0.4, 0.5) is 0 Å². The number of rotatable bonds is 4. The summed E-state index contributed by atoms with van der Waals surface area (Å²) in [5.41, 5.74) is 0.613. The molecule has 5 nitrogen and oxygen atoms in total. The van der Waals surface area contributed by atoms with Crippen molar-refractivity contribution in [1.29, 1.82) is 0 Å². The van der Waals surface area contributed by atoms with E-state index in [4.69, 9.17) is 16.3 Å². The molecule has 1 fully saturated rings. The van der Waals surface area contributed by atoms with Gasteiger partial charge in [-0.15, -0.1) is 12.4 Å². The van der Waals surface area contributed by atoms with Crippen molar-refractivity contribution in [3.63, 3.8) is 0 Å². The van der Waals surface area contributed by atoms with Crippen molar-refractivity contribution in [2.75, 3.05) is 20.2 Å². The van der Waals surface area contributed by atoms with Crippen LogP contribution in [0.1, 0.15) is 18.4 Å². The van der Waals surface area contributed by atoms with E-state index in [9.17, 15) is 8.42 Å². The number of ether oxygens (including phenoxy) is 1. The van der Waals surface area contributed by atoms with Crippen molar-refractivity contribution in [2.24, 2.45) is 0 Å². The molecular weight excluding hydrogens is 335 g/mol. The van der Waals surface area contributed by atoms with Gasteiger partial charge in [-0.3, -0.25) is 0 Å². The monoisotopic (exact) mass is 354 g/mol. The summed E-state index contributed by atoms with van der Waals surface area (Å²) in [6, 6.07) is 3.00. The topological polar surface area (TPSA) is 67.4 Å². The van der Waals surface area contributed by atoms with Gasteiger partial charge in [0.05, 0.1) is 17.0 Å². The smallest absolute Gasteiger partial charge is 0.241 e. The van der Waals surface area contributed by atoms with Crippen LogP contribution in [0.3, 0.4) is 0 Å². The van der Waals surface area contributed by atoms with Gasteiger partial charge in [-0.2, -0.15) is 0 Å². The summed E-state index contributed by atoms with van der Waals surface area (Å²) >= 11 is 6.02. The fourth-order valence-corrected chi connectivity index (χ4v) is 4.15. The second kappa shape index (κ2) is 7.65. The molecule has 1 atom stereocenters. The molecule has 1 aromatic carbocycles. The van der Waals surface area contributed by atoms with Crippen LogP contribution < -0.4 is 14.8 Å². The summed E-state index contributed by atoms with van der Waals surface area (Å²) in [7, 11) is -2.07. The number of nitrogens with one attached hydrogen (secondary N) is 2. The number of aryl methyl sites for hydroxylation is 1. The first-order chi connectivity index (χ1) is 9.44. The highest BCUT2D eigenvalue weighted by molar-refractivity contribution is 7.89. The predicted octanol–water partition coefficient (Wildman–Crippen LogP) is 2.11. The summed E-state index contributed by atoms with van der Waals surface area (Å²) in [5, 5.41) is 3.47. The molecule has 0 radical (unpaired) electrons. The molecule has 2 rings (SSSR count). The Labute approximate surface area is 136 Å². The average Bonchev–Trinajstić information content (AvgIpc) is 2.41. The van der Waals surface area contributed by atoms with Crippen molar-refractivity contribution in [3.05, 3.63) is 22.7 Å². The molecular formula is C13H20Cl2N2O3S. The van der Waals surface area contributed by atoms with Crippen LogP contribution in [0, 0.1) is 6.92 Å². The Kier molecular flexibility index (Phi) is 6.74. The number of halogens is 2. The van der Waals surface area contributed by atoms with Crippen molar-refractivity contribution < 1.29 is 13.2 Å². The van der Waals surface area contributed by atoms with Gasteiger partial charge in [-0.25, -0.2) is 13.1 Å². The summed E-state index contributed by atoms with van der Waals surface area (Å²) in [6.45, 7) is 3.32. The van der Waals surface area contributed by atoms with Gasteiger partial charge in [0, 0.05) is 12.6 Å².